The summed E-state index contributed by atoms with van der Waals surface area (Å²) in [6.07, 6.45) is -2.57. The van der Waals surface area contributed by atoms with Gasteiger partial charge in [0.15, 0.2) is 5.82 Å². The van der Waals surface area contributed by atoms with Gasteiger partial charge in [0.1, 0.15) is 23.9 Å². The molecule has 32 heavy (non-hydrogen) atoms. The summed E-state index contributed by atoms with van der Waals surface area (Å²) in [6, 6.07) is 3.85. The SMILES string of the molecule is Cc1nc(Nc2nn(CC(F)(F)F)c3cc(C(=O)N4CCCOCC4)ncc23)ccc1F. The number of fused-ring (bicyclic) bond motifs is 1. The maximum absolute atomic E-state index is 13.5. The Morgan fingerprint density at radius 3 is 2.81 bits per heavy atom. The van der Waals surface area contributed by atoms with Crippen LogP contribution in [0.25, 0.3) is 10.9 Å². The second-order valence-electron chi connectivity index (χ2n) is 7.35. The highest BCUT2D eigenvalue weighted by atomic mass is 19.4. The van der Waals surface area contributed by atoms with Gasteiger partial charge in [0.05, 0.1) is 23.2 Å². The van der Waals surface area contributed by atoms with Crippen LogP contribution >= 0.6 is 0 Å². The molecule has 0 spiro atoms. The van der Waals surface area contributed by atoms with Crippen LogP contribution in [0.3, 0.4) is 0 Å². The molecule has 1 amide bonds. The van der Waals surface area contributed by atoms with E-state index in [1.165, 1.54) is 31.3 Å². The van der Waals surface area contributed by atoms with E-state index in [9.17, 15) is 22.4 Å². The fourth-order valence-corrected chi connectivity index (χ4v) is 3.41. The molecule has 8 nitrogen and oxygen atoms in total. The van der Waals surface area contributed by atoms with Crippen molar-refractivity contribution in [3.8, 4) is 0 Å². The second-order valence-corrected chi connectivity index (χ2v) is 7.35. The number of halogens is 4. The lowest BCUT2D eigenvalue weighted by Crippen LogP contribution is -2.33. The predicted molar refractivity (Wildman–Crippen MR) is 107 cm³/mol. The number of alkyl halides is 3. The molecule has 3 aromatic rings. The van der Waals surface area contributed by atoms with Gasteiger partial charge in [-0.3, -0.25) is 14.5 Å². The average Bonchev–Trinajstić information content (AvgIpc) is 2.91. The monoisotopic (exact) mass is 452 g/mol. The van der Waals surface area contributed by atoms with Crippen molar-refractivity contribution in [2.45, 2.75) is 26.1 Å². The van der Waals surface area contributed by atoms with E-state index in [2.05, 4.69) is 20.4 Å². The lowest BCUT2D eigenvalue weighted by molar-refractivity contribution is -0.141. The molecule has 1 aliphatic rings. The highest BCUT2D eigenvalue weighted by Crippen LogP contribution is 2.28. The van der Waals surface area contributed by atoms with Crippen LogP contribution in [-0.4, -0.2) is 63.0 Å². The fourth-order valence-electron chi connectivity index (χ4n) is 3.41. The molecule has 3 aromatic heterocycles. The topological polar surface area (TPSA) is 85.2 Å². The summed E-state index contributed by atoms with van der Waals surface area (Å²) in [4.78, 5) is 22.6. The zero-order valence-electron chi connectivity index (χ0n) is 17.1. The minimum atomic E-state index is -4.53. The molecular formula is C20H20F4N6O2. The normalized spacial score (nSPS) is 15.1. The summed E-state index contributed by atoms with van der Waals surface area (Å²) in [6.45, 7) is 1.90. The molecule has 4 heterocycles. The number of anilines is 2. The first kappa shape index (κ1) is 21.9. The van der Waals surface area contributed by atoms with Crippen molar-refractivity contribution < 1.29 is 27.1 Å². The van der Waals surface area contributed by atoms with Crippen LogP contribution in [-0.2, 0) is 11.3 Å². The summed E-state index contributed by atoms with van der Waals surface area (Å²) in [7, 11) is 0. The first-order chi connectivity index (χ1) is 15.2. The van der Waals surface area contributed by atoms with Crippen LogP contribution in [0.15, 0.2) is 24.4 Å². The van der Waals surface area contributed by atoms with E-state index in [0.717, 1.165) is 4.68 Å². The van der Waals surface area contributed by atoms with Crippen molar-refractivity contribution in [3.05, 3.63) is 41.6 Å². The Bertz CT molecular complexity index is 1140. The van der Waals surface area contributed by atoms with Crippen LogP contribution in [0.4, 0.5) is 29.2 Å². The first-order valence-corrected chi connectivity index (χ1v) is 9.92. The molecule has 0 radical (unpaired) electrons. The number of amides is 1. The number of rotatable bonds is 4. The molecule has 12 heteroatoms. The van der Waals surface area contributed by atoms with E-state index < -0.39 is 18.5 Å². The van der Waals surface area contributed by atoms with Gasteiger partial charge in [-0.2, -0.15) is 18.3 Å². The van der Waals surface area contributed by atoms with Crippen LogP contribution in [0.1, 0.15) is 22.6 Å². The van der Waals surface area contributed by atoms with Crippen LogP contribution in [0.5, 0.6) is 0 Å². The minimum Gasteiger partial charge on any atom is -0.380 e. The van der Waals surface area contributed by atoms with Crippen molar-refractivity contribution in [3.63, 3.8) is 0 Å². The number of aryl methyl sites for hydroxylation is 1. The second kappa shape index (κ2) is 8.69. The molecule has 0 bridgehead atoms. The highest BCUT2D eigenvalue weighted by Gasteiger charge is 2.30. The number of carbonyl (C=O) groups excluding carboxylic acids is 1. The van der Waals surface area contributed by atoms with E-state index in [0.29, 0.717) is 32.7 Å². The number of carbonyl (C=O) groups is 1. The van der Waals surface area contributed by atoms with Crippen molar-refractivity contribution in [1.82, 2.24) is 24.6 Å². The molecule has 0 atom stereocenters. The number of nitrogens with one attached hydrogen (secondary N) is 1. The van der Waals surface area contributed by atoms with Gasteiger partial charge in [0.2, 0.25) is 0 Å². The van der Waals surface area contributed by atoms with Crippen LogP contribution in [0, 0.1) is 12.7 Å². The third kappa shape index (κ3) is 4.79. The first-order valence-electron chi connectivity index (χ1n) is 9.92. The van der Waals surface area contributed by atoms with Gasteiger partial charge in [-0.25, -0.2) is 9.37 Å². The lowest BCUT2D eigenvalue weighted by atomic mass is 10.2. The van der Waals surface area contributed by atoms with E-state index in [-0.39, 0.29) is 39.8 Å². The summed E-state index contributed by atoms with van der Waals surface area (Å²) in [5, 5.41) is 7.10. The summed E-state index contributed by atoms with van der Waals surface area (Å²) >= 11 is 0. The smallest absolute Gasteiger partial charge is 0.380 e. The van der Waals surface area contributed by atoms with Gasteiger partial charge in [0, 0.05) is 25.9 Å². The number of hydrogen-bond donors (Lipinski definition) is 1. The molecular weight excluding hydrogens is 432 g/mol. The Kier molecular flexibility index (Phi) is 5.96. The van der Waals surface area contributed by atoms with Gasteiger partial charge in [-0.15, -0.1) is 0 Å². The molecule has 4 rings (SSSR count). The number of hydrogen-bond acceptors (Lipinski definition) is 6. The van der Waals surface area contributed by atoms with Crippen molar-refractivity contribution in [2.75, 3.05) is 31.6 Å². The van der Waals surface area contributed by atoms with Crippen molar-refractivity contribution in [2.24, 2.45) is 0 Å². The molecule has 0 saturated carbocycles. The Balaban J connectivity index is 1.72. The summed E-state index contributed by atoms with van der Waals surface area (Å²) < 4.78 is 59.1. The number of aromatic nitrogens is 4. The zero-order chi connectivity index (χ0) is 22.9. The third-order valence-corrected chi connectivity index (χ3v) is 4.96. The van der Waals surface area contributed by atoms with Crippen LogP contribution in [0.2, 0.25) is 0 Å². The molecule has 1 saturated heterocycles. The Morgan fingerprint density at radius 1 is 1.25 bits per heavy atom. The Morgan fingerprint density at radius 2 is 2.06 bits per heavy atom. The van der Waals surface area contributed by atoms with Gasteiger partial charge in [-0.05, 0) is 31.5 Å². The standard InChI is InChI=1S/C20H20F4N6O2/c1-12-14(21)3-4-17(26-12)27-18-13-10-25-15(19(31)29-5-2-7-32-8-6-29)9-16(13)30(28-18)11-20(22,23)24/h3-4,9-10H,2,5-8,11H2,1H3,(H,26,27,28). The van der Waals surface area contributed by atoms with E-state index >= 15 is 0 Å². The lowest BCUT2D eigenvalue weighted by Gasteiger charge is -2.19. The number of ether oxygens (including phenoxy) is 1. The largest absolute Gasteiger partial charge is 0.408 e. The van der Waals surface area contributed by atoms with Gasteiger partial charge in [0.25, 0.3) is 5.91 Å². The maximum atomic E-state index is 13.5. The highest BCUT2D eigenvalue weighted by molar-refractivity contribution is 5.98. The van der Waals surface area contributed by atoms with Gasteiger partial charge >= 0.3 is 6.18 Å². The zero-order valence-corrected chi connectivity index (χ0v) is 17.1. The predicted octanol–water partition coefficient (Wildman–Crippen LogP) is 3.44. The number of pyridine rings is 2. The van der Waals surface area contributed by atoms with Crippen molar-refractivity contribution in [1.29, 1.82) is 0 Å². The maximum Gasteiger partial charge on any atom is 0.408 e. The molecule has 0 unspecified atom stereocenters. The minimum absolute atomic E-state index is 0.0185. The molecule has 170 valence electrons. The molecule has 0 aliphatic carbocycles. The molecule has 1 N–H and O–H groups in total. The third-order valence-electron chi connectivity index (χ3n) is 4.96. The summed E-state index contributed by atoms with van der Waals surface area (Å²) in [5.41, 5.74) is 0.236. The van der Waals surface area contributed by atoms with Gasteiger partial charge < -0.3 is 15.0 Å². The summed E-state index contributed by atoms with van der Waals surface area (Å²) in [5.74, 6) is -0.612. The van der Waals surface area contributed by atoms with E-state index in [4.69, 9.17) is 4.74 Å². The quantitative estimate of drug-likeness (QED) is 0.611. The van der Waals surface area contributed by atoms with E-state index in [1.807, 2.05) is 0 Å². The fraction of sp³-hybridized carbons (Fsp3) is 0.400. The van der Waals surface area contributed by atoms with Crippen LogP contribution < -0.4 is 5.32 Å². The molecule has 0 aromatic carbocycles. The molecule has 1 aliphatic heterocycles. The van der Waals surface area contributed by atoms with Crippen molar-refractivity contribution >= 4 is 28.4 Å². The number of nitrogens with zero attached hydrogens (tertiary/aromatic N) is 5. The van der Waals surface area contributed by atoms with E-state index in [1.54, 1.807) is 4.90 Å². The Hall–Kier alpha value is -3.28. The van der Waals surface area contributed by atoms with Gasteiger partial charge in [-0.1, -0.05) is 0 Å². The molecule has 1 fully saturated rings. The Labute approximate surface area is 180 Å². The average molecular weight is 452 g/mol.